The van der Waals surface area contributed by atoms with Crippen molar-refractivity contribution in [1.82, 2.24) is 10.2 Å². The summed E-state index contributed by atoms with van der Waals surface area (Å²) in [5.74, 6) is 0.481. The van der Waals surface area contributed by atoms with E-state index in [9.17, 15) is 9.59 Å². The largest absolute Gasteiger partial charge is 0.466 e. The fourth-order valence-corrected chi connectivity index (χ4v) is 2.59. The standard InChI is InChI=1S/C17H32N2O4/c1-5-22-15(20)7-11-18-10-6-14-8-12-19(13-9-14)16(21)23-17(2,3)4/h14,18H,5-13H2,1-4H3. The van der Waals surface area contributed by atoms with E-state index < -0.39 is 5.60 Å². The zero-order chi connectivity index (χ0) is 17.3. The summed E-state index contributed by atoms with van der Waals surface area (Å²) in [6.45, 7) is 11.0. The molecule has 0 aliphatic carbocycles. The Bertz CT molecular complexity index is 371. The van der Waals surface area contributed by atoms with Crippen molar-refractivity contribution in [3.63, 3.8) is 0 Å². The molecule has 1 heterocycles. The van der Waals surface area contributed by atoms with Crippen molar-refractivity contribution in [3.05, 3.63) is 0 Å². The van der Waals surface area contributed by atoms with Crippen LogP contribution in [0, 0.1) is 5.92 Å². The van der Waals surface area contributed by atoms with Crippen LogP contribution in [0.4, 0.5) is 4.79 Å². The predicted molar refractivity (Wildman–Crippen MR) is 89.3 cm³/mol. The van der Waals surface area contributed by atoms with Crippen LogP contribution in [0.1, 0.15) is 53.4 Å². The highest BCUT2D eigenvalue weighted by Gasteiger charge is 2.26. The van der Waals surface area contributed by atoms with Gasteiger partial charge in [-0.05, 0) is 59.4 Å². The van der Waals surface area contributed by atoms with E-state index in [1.165, 1.54) is 0 Å². The molecule has 1 rings (SSSR count). The first kappa shape index (κ1) is 19.7. The molecule has 23 heavy (non-hydrogen) atoms. The van der Waals surface area contributed by atoms with Gasteiger partial charge in [-0.3, -0.25) is 4.79 Å². The minimum Gasteiger partial charge on any atom is -0.466 e. The lowest BCUT2D eigenvalue weighted by atomic mass is 9.94. The number of amides is 1. The first-order valence-electron chi connectivity index (χ1n) is 8.66. The minimum absolute atomic E-state index is 0.148. The summed E-state index contributed by atoms with van der Waals surface area (Å²) >= 11 is 0. The highest BCUT2D eigenvalue weighted by Crippen LogP contribution is 2.21. The van der Waals surface area contributed by atoms with E-state index in [-0.39, 0.29) is 12.1 Å². The third-order valence-electron chi connectivity index (χ3n) is 3.81. The van der Waals surface area contributed by atoms with Gasteiger partial charge in [0.15, 0.2) is 0 Å². The number of nitrogens with zero attached hydrogens (tertiary/aromatic N) is 1. The van der Waals surface area contributed by atoms with Crippen LogP contribution in [0.5, 0.6) is 0 Å². The van der Waals surface area contributed by atoms with Gasteiger partial charge >= 0.3 is 12.1 Å². The Morgan fingerprint density at radius 3 is 2.39 bits per heavy atom. The van der Waals surface area contributed by atoms with Crippen LogP contribution in [0.15, 0.2) is 0 Å². The van der Waals surface area contributed by atoms with Gasteiger partial charge in [0.2, 0.25) is 0 Å². The Labute approximate surface area is 139 Å². The number of carbonyl (C=O) groups is 2. The lowest BCUT2D eigenvalue weighted by Gasteiger charge is -2.33. The van der Waals surface area contributed by atoms with E-state index in [4.69, 9.17) is 9.47 Å². The van der Waals surface area contributed by atoms with E-state index in [0.29, 0.717) is 25.5 Å². The third-order valence-corrected chi connectivity index (χ3v) is 3.81. The van der Waals surface area contributed by atoms with E-state index in [2.05, 4.69) is 5.32 Å². The third kappa shape index (κ3) is 8.79. The maximum atomic E-state index is 12.0. The van der Waals surface area contributed by atoms with Gasteiger partial charge in [0.1, 0.15) is 5.60 Å². The van der Waals surface area contributed by atoms with Crippen LogP contribution in [-0.4, -0.2) is 55.3 Å². The molecule has 1 fully saturated rings. The Kier molecular flexibility index (Phi) is 8.37. The summed E-state index contributed by atoms with van der Waals surface area (Å²) < 4.78 is 10.3. The molecular weight excluding hydrogens is 296 g/mol. The molecule has 1 aliphatic rings. The maximum absolute atomic E-state index is 12.0. The number of carbonyl (C=O) groups excluding carboxylic acids is 2. The second-order valence-electron chi connectivity index (χ2n) is 7.00. The topological polar surface area (TPSA) is 67.9 Å². The van der Waals surface area contributed by atoms with Crippen LogP contribution in [-0.2, 0) is 14.3 Å². The average Bonchev–Trinajstić information content (AvgIpc) is 2.46. The number of rotatable bonds is 7. The van der Waals surface area contributed by atoms with Gasteiger partial charge in [-0.1, -0.05) is 0 Å². The van der Waals surface area contributed by atoms with Crippen LogP contribution in [0.2, 0.25) is 0 Å². The Hall–Kier alpha value is -1.30. The SMILES string of the molecule is CCOC(=O)CCNCCC1CCN(C(=O)OC(C)(C)C)CC1. The summed E-state index contributed by atoms with van der Waals surface area (Å²) in [5.41, 5.74) is -0.434. The molecule has 1 saturated heterocycles. The molecule has 0 radical (unpaired) electrons. The van der Waals surface area contributed by atoms with E-state index >= 15 is 0 Å². The average molecular weight is 328 g/mol. The quantitative estimate of drug-likeness (QED) is 0.575. The van der Waals surface area contributed by atoms with Crippen molar-refractivity contribution in [2.45, 2.75) is 59.0 Å². The first-order chi connectivity index (χ1) is 10.8. The van der Waals surface area contributed by atoms with Crippen LogP contribution < -0.4 is 5.32 Å². The molecule has 0 aromatic rings. The number of likely N-dealkylation sites (tertiary alicyclic amines) is 1. The molecule has 6 nitrogen and oxygen atoms in total. The van der Waals surface area contributed by atoms with Gasteiger partial charge in [0.05, 0.1) is 13.0 Å². The zero-order valence-electron chi connectivity index (χ0n) is 15.0. The normalized spacial score (nSPS) is 16.3. The highest BCUT2D eigenvalue weighted by atomic mass is 16.6. The zero-order valence-corrected chi connectivity index (χ0v) is 15.0. The fraction of sp³-hybridized carbons (Fsp3) is 0.882. The second kappa shape index (κ2) is 9.75. The number of hydrogen-bond donors (Lipinski definition) is 1. The molecule has 134 valence electrons. The highest BCUT2D eigenvalue weighted by molar-refractivity contribution is 5.69. The van der Waals surface area contributed by atoms with E-state index in [1.807, 2.05) is 27.7 Å². The van der Waals surface area contributed by atoms with Gasteiger partial charge in [-0.15, -0.1) is 0 Å². The van der Waals surface area contributed by atoms with Gasteiger partial charge in [0.25, 0.3) is 0 Å². The molecule has 0 atom stereocenters. The number of esters is 1. The van der Waals surface area contributed by atoms with Crippen LogP contribution >= 0.6 is 0 Å². The van der Waals surface area contributed by atoms with Crippen molar-refractivity contribution in [3.8, 4) is 0 Å². The van der Waals surface area contributed by atoms with Gasteiger partial charge in [-0.25, -0.2) is 4.79 Å². The molecule has 6 heteroatoms. The molecule has 1 amide bonds. The lowest BCUT2D eigenvalue weighted by molar-refractivity contribution is -0.142. The summed E-state index contributed by atoms with van der Waals surface area (Å²) in [7, 11) is 0. The number of nitrogens with one attached hydrogen (secondary N) is 1. The van der Waals surface area contributed by atoms with Gasteiger partial charge < -0.3 is 19.7 Å². The van der Waals surface area contributed by atoms with Crippen LogP contribution in [0.25, 0.3) is 0 Å². The molecule has 1 N–H and O–H groups in total. The monoisotopic (exact) mass is 328 g/mol. The Morgan fingerprint density at radius 2 is 1.83 bits per heavy atom. The molecule has 0 saturated carbocycles. The maximum Gasteiger partial charge on any atom is 0.410 e. The summed E-state index contributed by atoms with van der Waals surface area (Å²) in [4.78, 5) is 25.0. The molecule has 0 unspecified atom stereocenters. The summed E-state index contributed by atoms with van der Waals surface area (Å²) in [6, 6.07) is 0. The molecule has 0 aromatic heterocycles. The molecule has 0 bridgehead atoms. The smallest absolute Gasteiger partial charge is 0.410 e. The van der Waals surface area contributed by atoms with Crippen LogP contribution in [0.3, 0.4) is 0 Å². The Morgan fingerprint density at radius 1 is 1.17 bits per heavy atom. The van der Waals surface area contributed by atoms with Gasteiger partial charge in [-0.2, -0.15) is 0 Å². The number of ether oxygens (including phenoxy) is 2. The predicted octanol–water partition coefficient (Wildman–Crippen LogP) is 2.57. The first-order valence-corrected chi connectivity index (χ1v) is 8.66. The van der Waals surface area contributed by atoms with E-state index in [0.717, 1.165) is 38.9 Å². The summed E-state index contributed by atoms with van der Waals surface area (Å²) in [6.07, 6.45) is 3.32. The van der Waals surface area contributed by atoms with Crippen molar-refractivity contribution >= 4 is 12.1 Å². The van der Waals surface area contributed by atoms with Crippen molar-refractivity contribution < 1.29 is 19.1 Å². The molecular formula is C17H32N2O4. The number of hydrogen-bond acceptors (Lipinski definition) is 5. The van der Waals surface area contributed by atoms with Gasteiger partial charge in [0, 0.05) is 19.6 Å². The Balaban J connectivity index is 2.10. The lowest BCUT2D eigenvalue weighted by Crippen LogP contribution is -2.42. The number of piperidine rings is 1. The van der Waals surface area contributed by atoms with Crippen molar-refractivity contribution in [1.29, 1.82) is 0 Å². The minimum atomic E-state index is -0.434. The fourth-order valence-electron chi connectivity index (χ4n) is 2.59. The van der Waals surface area contributed by atoms with Crippen molar-refractivity contribution in [2.24, 2.45) is 5.92 Å². The second-order valence-corrected chi connectivity index (χ2v) is 7.00. The molecule has 0 aromatic carbocycles. The summed E-state index contributed by atoms with van der Waals surface area (Å²) in [5, 5.41) is 3.28. The van der Waals surface area contributed by atoms with Crippen molar-refractivity contribution in [2.75, 3.05) is 32.8 Å². The molecule has 1 aliphatic heterocycles. The molecule has 0 spiro atoms. The van der Waals surface area contributed by atoms with E-state index in [1.54, 1.807) is 4.90 Å².